The van der Waals surface area contributed by atoms with E-state index in [4.69, 9.17) is 16.6 Å². The van der Waals surface area contributed by atoms with Crippen LogP contribution in [0.3, 0.4) is 0 Å². The first-order valence-electron chi connectivity index (χ1n) is 7.16. The van der Waals surface area contributed by atoms with Crippen molar-refractivity contribution < 1.29 is 0 Å². The third-order valence-electron chi connectivity index (χ3n) is 3.57. The molecule has 0 unspecified atom stereocenters. The second kappa shape index (κ2) is 6.29. The first kappa shape index (κ1) is 14.1. The van der Waals surface area contributed by atoms with Gasteiger partial charge in [-0.05, 0) is 44.3 Å². The van der Waals surface area contributed by atoms with Crippen molar-refractivity contribution in [3.05, 3.63) is 59.5 Å². The summed E-state index contributed by atoms with van der Waals surface area (Å²) >= 11 is 5.97. The van der Waals surface area contributed by atoms with Gasteiger partial charge >= 0.3 is 0 Å². The molecule has 0 aliphatic carbocycles. The zero-order valence-corrected chi connectivity index (χ0v) is 12.8. The molecule has 4 heteroatoms. The van der Waals surface area contributed by atoms with Crippen molar-refractivity contribution in [1.82, 2.24) is 14.7 Å². The Hall–Kier alpha value is -1.84. The summed E-state index contributed by atoms with van der Waals surface area (Å²) in [5.41, 5.74) is 3.26. The minimum Gasteiger partial charge on any atom is -0.320 e. The Kier molecular flexibility index (Phi) is 4.23. The van der Waals surface area contributed by atoms with Gasteiger partial charge in [-0.15, -0.1) is 0 Å². The molecule has 0 amide bonds. The fraction of sp³-hybridized carbons (Fsp3) is 0.235. The molecule has 0 radical (unpaired) electrons. The fourth-order valence-electron chi connectivity index (χ4n) is 2.52. The number of nitrogens with one attached hydrogen (secondary N) is 1. The molecule has 108 valence electrons. The highest BCUT2D eigenvalue weighted by molar-refractivity contribution is 6.30. The number of hydrogen-bond donors (Lipinski definition) is 1. The van der Waals surface area contributed by atoms with Crippen LogP contribution in [0.25, 0.3) is 16.8 Å². The highest BCUT2D eigenvalue weighted by atomic mass is 35.5. The van der Waals surface area contributed by atoms with Crippen LogP contribution in [-0.2, 0) is 6.42 Å². The summed E-state index contributed by atoms with van der Waals surface area (Å²) in [6.45, 7) is 0.998. The number of aromatic nitrogens is 2. The third-order valence-corrected chi connectivity index (χ3v) is 3.82. The predicted molar refractivity (Wildman–Crippen MR) is 87.9 cm³/mol. The molecule has 3 rings (SSSR count). The van der Waals surface area contributed by atoms with Crippen LogP contribution >= 0.6 is 11.6 Å². The van der Waals surface area contributed by atoms with Crippen LogP contribution in [0.2, 0.25) is 5.02 Å². The van der Waals surface area contributed by atoms with E-state index in [1.807, 2.05) is 43.4 Å². The number of aryl methyl sites for hydroxylation is 1. The van der Waals surface area contributed by atoms with E-state index in [0.29, 0.717) is 0 Å². The lowest BCUT2D eigenvalue weighted by Gasteiger charge is -2.00. The quantitative estimate of drug-likeness (QED) is 0.726. The van der Waals surface area contributed by atoms with Gasteiger partial charge in [0.25, 0.3) is 0 Å². The number of fused-ring (bicyclic) bond motifs is 1. The van der Waals surface area contributed by atoms with Gasteiger partial charge in [0.15, 0.2) is 0 Å². The van der Waals surface area contributed by atoms with E-state index >= 15 is 0 Å². The molecular weight excluding hydrogens is 282 g/mol. The maximum atomic E-state index is 5.97. The third kappa shape index (κ3) is 2.94. The zero-order valence-electron chi connectivity index (χ0n) is 12.0. The van der Waals surface area contributed by atoms with Crippen molar-refractivity contribution in [2.24, 2.45) is 0 Å². The van der Waals surface area contributed by atoms with E-state index in [2.05, 4.69) is 22.0 Å². The average Bonchev–Trinajstić information content (AvgIpc) is 2.88. The Labute approximate surface area is 129 Å². The summed E-state index contributed by atoms with van der Waals surface area (Å²) in [7, 11) is 1.98. The van der Waals surface area contributed by atoms with E-state index in [9.17, 15) is 0 Å². The van der Waals surface area contributed by atoms with E-state index in [-0.39, 0.29) is 0 Å². The van der Waals surface area contributed by atoms with Crippen molar-refractivity contribution in [3.8, 4) is 11.3 Å². The topological polar surface area (TPSA) is 29.3 Å². The smallest absolute Gasteiger partial charge is 0.114 e. The largest absolute Gasteiger partial charge is 0.320 e. The molecule has 1 aromatic carbocycles. The maximum absolute atomic E-state index is 5.97. The maximum Gasteiger partial charge on any atom is 0.114 e. The molecule has 0 fully saturated rings. The van der Waals surface area contributed by atoms with E-state index < -0.39 is 0 Å². The standard InChI is InChI=1S/C17H18ClN3/c1-19-11-4-6-16-20-17(13-7-9-14(18)10-8-13)15-5-2-3-12-21(15)16/h2-3,5,7-10,12,19H,4,6,11H2,1H3. The zero-order chi connectivity index (χ0) is 14.7. The van der Waals surface area contributed by atoms with Crippen molar-refractivity contribution >= 4 is 17.1 Å². The molecule has 2 heterocycles. The lowest BCUT2D eigenvalue weighted by molar-refractivity contribution is 0.701. The lowest BCUT2D eigenvalue weighted by atomic mass is 10.1. The minimum absolute atomic E-state index is 0.747. The van der Waals surface area contributed by atoms with Crippen LogP contribution in [0, 0.1) is 0 Å². The van der Waals surface area contributed by atoms with Crippen molar-refractivity contribution in [1.29, 1.82) is 0 Å². The van der Waals surface area contributed by atoms with E-state index in [1.165, 1.54) is 0 Å². The van der Waals surface area contributed by atoms with Gasteiger partial charge in [-0.25, -0.2) is 4.98 Å². The Bertz CT molecular complexity index is 731. The Morgan fingerprint density at radius 1 is 1.14 bits per heavy atom. The number of rotatable bonds is 5. The first-order chi connectivity index (χ1) is 10.3. The molecule has 0 saturated carbocycles. The molecule has 3 nitrogen and oxygen atoms in total. The fourth-order valence-corrected chi connectivity index (χ4v) is 2.65. The van der Waals surface area contributed by atoms with Gasteiger partial charge in [0.1, 0.15) is 5.82 Å². The van der Waals surface area contributed by atoms with Crippen LogP contribution in [0.5, 0.6) is 0 Å². The first-order valence-corrected chi connectivity index (χ1v) is 7.54. The summed E-state index contributed by atoms with van der Waals surface area (Å²) < 4.78 is 2.18. The normalized spacial score (nSPS) is 11.1. The lowest BCUT2D eigenvalue weighted by Crippen LogP contribution is -2.09. The predicted octanol–water partition coefficient (Wildman–Crippen LogP) is 3.81. The molecule has 2 aromatic heterocycles. The number of hydrogen-bond acceptors (Lipinski definition) is 2. The summed E-state index contributed by atoms with van der Waals surface area (Å²) in [6, 6.07) is 14.1. The Morgan fingerprint density at radius 2 is 1.95 bits per heavy atom. The molecule has 0 aliphatic rings. The summed E-state index contributed by atoms with van der Waals surface area (Å²) in [5.74, 6) is 1.10. The molecule has 3 aromatic rings. The number of pyridine rings is 1. The van der Waals surface area contributed by atoms with Gasteiger partial charge in [-0.3, -0.25) is 0 Å². The molecule has 0 saturated heterocycles. The van der Waals surface area contributed by atoms with Crippen LogP contribution in [0.4, 0.5) is 0 Å². The van der Waals surface area contributed by atoms with Gasteiger partial charge in [-0.2, -0.15) is 0 Å². The summed E-state index contributed by atoms with van der Waals surface area (Å²) in [6.07, 6.45) is 4.11. The van der Waals surface area contributed by atoms with Gasteiger partial charge in [-0.1, -0.05) is 29.8 Å². The second-order valence-electron chi connectivity index (χ2n) is 5.05. The van der Waals surface area contributed by atoms with Gasteiger partial charge in [0.05, 0.1) is 11.2 Å². The Balaban J connectivity index is 2.04. The van der Waals surface area contributed by atoms with Crippen molar-refractivity contribution in [3.63, 3.8) is 0 Å². The highest BCUT2D eigenvalue weighted by Crippen LogP contribution is 2.26. The van der Waals surface area contributed by atoms with Crippen molar-refractivity contribution in [2.45, 2.75) is 12.8 Å². The molecule has 0 spiro atoms. The molecule has 0 atom stereocenters. The summed E-state index contributed by atoms with van der Waals surface area (Å²) in [4.78, 5) is 4.85. The second-order valence-corrected chi connectivity index (χ2v) is 5.48. The monoisotopic (exact) mass is 299 g/mol. The van der Waals surface area contributed by atoms with Gasteiger partial charge < -0.3 is 9.72 Å². The Morgan fingerprint density at radius 3 is 2.71 bits per heavy atom. The minimum atomic E-state index is 0.747. The number of nitrogens with zero attached hydrogens (tertiary/aromatic N) is 2. The molecule has 21 heavy (non-hydrogen) atoms. The van der Waals surface area contributed by atoms with Crippen LogP contribution in [0.1, 0.15) is 12.2 Å². The highest BCUT2D eigenvalue weighted by Gasteiger charge is 2.11. The molecule has 0 aliphatic heterocycles. The molecular formula is C17H18ClN3. The number of benzene rings is 1. The van der Waals surface area contributed by atoms with Crippen LogP contribution in [-0.4, -0.2) is 23.0 Å². The molecule has 1 N–H and O–H groups in total. The summed E-state index contributed by atoms with van der Waals surface area (Å²) in [5, 5.41) is 3.93. The number of imidazole rings is 1. The average molecular weight is 300 g/mol. The van der Waals surface area contributed by atoms with Gasteiger partial charge in [0, 0.05) is 23.2 Å². The van der Waals surface area contributed by atoms with Gasteiger partial charge in [0.2, 0.25) is 0 Å². The molecule has 0 bridgehead atoms. The van der Waals surface area contributed by atoms with Crippen LogP contribution < -0.4 is 5.32 Å². The van der Waals surface area contributed by atoms with E-state index in [1.54, 1.807) is 0 Å². The van der Waals surface area contributed by atoms with E-state index in [0.717, 1.165) is 47.0 Å². The number of halogens is 1. The van der Waals surface area contributed by atoms with Crippen molar-refractivity contribution in [2.75, 3.05) is 13.6 Å². The van der Waals surface area contributed by atoms with Crippen LogP contribution in [0.15, 0.2) is 48.7 Å². The SMILES string of the molecule is CNCCCc1nc(-c2ccc(Cl)cc2)c2ccccn12.